The molecule has 0 aliphatic rings. The summed E-state index contributed by atoms with van der Waals surface area (Å²) in [5, 5.41) is 8.33. The Kier molecular flexibility index (Phi) is 6.15. The minimum absolute atomic E-state index is 0.0786. The van der Waals surface area contributed by atoms with Gasteiger partial charge in [0.15, 0.2) is 5.13 Å². The van der Waals surface area contributed by atoms with Crippen LogP contribution in [0, 0.1) is 13.8 Å². The van der Waals surface area contributed by atoms with Crippen molar-refractivity contribution in [2.45, 2.75) is 20.0 Å². The van der Waals surface area contributed by atoms with Crippen molar-refractivity contribution < 1.29 is 18.0 Å². The summed E-state index contributed by atoms with van der Waals surface area (Å²) in [6.45, 7) is 3.27. The zero-order valence-electron chi connectivity index (χ0n) is 17.7. The third-order valence-corrected chi connectivity index (χ3v) is 5.78. The van der Waals surface area contributed by atoms with Crippen LogP contribution in [-0.4, -0.2) is 15.9 Å². The molecule has 9 heteroatoms. The molecule has 2 aromatic carbocycles. The quantitative estimate of drug-likeness (QED) is 0.337. The second kappa shape index (κ2) is 9.03. The van der Waals surface area contributed by atoms with Gasteiger partial charge in [0.05, 0.1) is 11.3 Å². The number of aromatic nitrogens is 2. The number of carbonyl (C=O) groups is 1. The Hall–Kier alpha value is -3.72. The summed E-state index contributed by atoms with van der Waals surface area (Å²) in [6, 6.07) is 12.5. The predicted octanol–water partition coefficient (Wildman–Crippen LogP) is 6.84. The number of hydrogen-bond acceptors (Lipinski definition) is 5. The van der Waals surface area contributed by atoms with Crippen molar-refractivity contribution in [1.82, 2.24) is 9.97 Å². The average molecular weight is 469 g/mol. The summed E-state index contributed by atoms with van der Waals surface area (Å²) in [7, 11) is 0. The van der Waals surface area contributed by atoms with Crippen LogP contribution < -0.4 is 10.6 Å². The van der Waals surface area contributed by atoms with E-state index in [1.54, 1.807) is 30.6 Å². The van der Waals surface area contributed by atoms with E-state index >= 15 is 0 Å². The molecule has 0 atom stereocenters. The molecule has 0 unspecified atom stereocenters. The first-order valence-electron chi connectivity index (χ1n) is 9.93. The molecule has 0 aliphatic carbocycles. The van der Waals surface area contributed by atoms with Crippen LogP contribution in [0.5, 0.6) is 0 Å². The van der Waals surface area contributed by atoms with Gasteiger partial charge in [-0.15, -0.1) is 11.3 Å². The largest absolute Gasteiger partial charge is 0.416 e. The number of nitrogens with zero attached hydrogens (tertiary/aromatic N) is 2. The van der Waals surface area contributed by atoms with Crippen LogP contribution >= 0.6 is 11.3 Å². The highest BCUT2D eigenvalue weighted by Crippen LogP contribution is 2.34. The zero-order valence-corrected chi connectivity index (χ0v) is 18.5. The molecular formula is C24H19F3N4OS. The molecule has 0 fully saturated rings. The maximum Gasteiger partial charge on any atom is 0.416 e. The van der Waals surface area contributed by atoms with Gasteiger partial charge in [-0.1, -0.05) is 12.1 Å². The molecule has 2 N–H and O–H groups in total. The first-order chi connectivity index (χ1) is 15.7. The van der Waals surface area contributed by atoms with E-state index in [2.05, 4.69) is 20.6 Å². The second-order valence-electron chi connectivity index (χ2n) is 7.41. The lowest BCUT2D eigenvalue weighted by Gasteiger charge is -2.13. The lowest BCUT2D eigenvalue weighted by Crippen LogP contribution is -2.14. The second-order valence-corrected chi connectivity index (χ2v) is 8.27. The number of hydrogen-bond donors (Lipinski definition) is 2. The minimum atomic E-state index is -4.49. The van der Waals surface area contributed by atoms with E-state index < -0.39 is 17.6 Å². The molecule has 33 heavy (non-hydrogen) atoms. The van der Waals surface area contributed by atoms with Crippen LogP contribution in [-0.2, 0) is 6.18 Å². The number of pyridine rings is 1. The first-order valence-corrected chi connectivity index (χ1v) is 10.8. The van der Waals surface area contributed by atoms with Crippen molar-refractivity contribution >= 4 is 33.8 Å². The van der Waals surface area contributed by atoms with E-state index in [1.807, 2.05) is 24.4 Å². The number of alkyl halides is 3. The summed E-state index contributed by atoms with van der Waals surface area (Å²) >= 11 is 1.42. The molecule has 0 spiro atoms. The summed E-state index contributed by atoms with van der Waals surface area (Å²) in [4.78, 5) is 21.3. The number of anilines is 3. The number of thiazole rings is 1. The molecule has 0 aliphatic heterocycles. The predicted molar refractivity (Wildman–Crippen MR) is 124 cm³/mol. The average Bonchev–Trinajstić information content (AvgIpc) is 3.25. The summed E-state index contributed by atoms with van der Waals surface area (Å²) in [5.41, 5.74) is 3.02. The standard InChI is InChI=1S/C24H19F3N4OS/c1-14-4-6-18(12-19(14)24(25,26)27)29-22(32)17-5-3-15(2)20(11-17)30-23-31-21(13-33-23)16-7-9-28-10-8-16/h3-13H,1-2H3,(H,29,32)(H,30,31). The van der Waals surface area contributed by atoms with Crippen LogP contribution in [0.15, 0.2) is 66.3 Å². The van der Waals surface area contributed by atoms with E-state index in [9.17, 15) is 18.0 Å². The molecule has 2 heterocycles. The van der Waals surface area contributed by atoms with Gasteiger partial charge < -0.3 is 10.6 Å². The highest BCUT2D eigenvalue weighted by atomic mass is 32.1. The van der Waals surface area contributed by atoms with Crippen LogP contribution in [0.2, 0.25) is 0 Å². The van der Waals surface area contributed by atoms with Crippen LogP contribution in [0.1, 0.15) is 27.0 Å². The fraction of sp³-hybridized carbons (Fsp3) is 0.125. The molecule has 0 saturated carbocycles. The first kappa shape index (κ1) is 22.5. The maximum absolute atomic E-state index is 13.2. The fourth-order valence-electron chi connectivity index (χ4n) is 3.21. The topological polar surface area (TPSA) is 66.9 Å². The summed E-state index contributed by atoms with van der Waals surface area (Å²) in [6.07, 6.45) is -1.10. The third kappa shape index (κ3) is 5.20. The number of benzene rings is 2. The molecule has 0 radical (unpaired) electrons. The van der Waals surface area contributed by atoms with Gasteiger partial charge in [-0.25, -0.2) is 4.98 Å². The van der Waals surface area contributed by atoms with Crippen molar-refractivity contribution in [3.05, 3.63) is 88.6 Å². The van der Waals surface area contributed by atoms with Crippen LogP contribution in [0.4, 0.5) is 29.7 Å². The van der Waals surface area contributed by atoms with Gasteiger partial charge in [-0.05, 0) is 61.4 Å². The molecular weight excluding hydrogens is 449 g/mol. The molecule has 0 bridgehead atoms. The van der Waals surface area contributed by atoms with Crippen molar-refractivity contribution in [2.75, 3.05) is 10.6 Å². The van der Waals surface area contributed by atoms with Crippen molar-refractivity contribution in [2.24, 2.45) is 0 Å². The molecule has 0 saturated heterocycles. The van der Waals surface area contributed by atoms with Gasteiger partial charge in [0, 0.05) is 40.3 Å². The molecule has 5 nitrogen and oxygen atoms in total. The lowest BCUT2D eigenvalue weighted by atomic mass is 10.1. The Bertz CT molecular complexity index is 1300. The molecule has 1 amide bonds. The Morgan fingerprint density at radius 3 is 2.42 bits per heavy atom. The molecule has 4 aromatic rings. The van der Waals surface area contributed by atoms with E-state index in [-0.39, 0.29) is 11.3 Å². The van der Waals surface area contributed by atoms with E-state index in [0.29, 0.717) is 16.4 Å². The van der Waals surface area contributed by atoms with Crippen LogP contribution in [0.3, 0.4) is 0 Å². The van der Waals surface area contributed by atoms with Crippen molar-refractivity contribution in [3.8, 4) is 11.3 Å². The van der Waals surface area contributed by atoms with Gasteiger partial charge in [0.25, 0.3) is 5.91 Å². The number of halogens is 3. The van der Waals surface area contributed by atoms with Crippen molar-refractivity contribution in [1.29, 1.82) is 0 Å². The summed E-state index contributed by atoms with van der Waals surface area (Å²) in [5.74, 6) is -0.508. The molecule has 4 rings (SSSR count). The van der Waals surface area contributed by atoms with Gasteiger partial charge in [-0.3, -0.25) is 9.78 Å². The van der Waals surface area contributed by atoms with Gasteiger partial charge >= 0.3 is 6.18 Å². The highest BCUT2D eigenvalue weighted by molar-refractivity contribution is 7.14. The van der Waals surface area contributed by atoms with Gasteiger partial charge in [0.1, 0.15) is 0 Å². The van der Waals surface area contributed by atoms with E-state index in [1.165, 1.54) is 30.4 Å². The van der Waals surface area contributed by atoms with Crippen molar-refractivity contribution in [3.63, 3.8) is 0 Å². The van der Waals surface area contributed by atoms with E-state index in [0.717, 1.165) is 22.9 Å². The Labute approximate surface area is 192 Å². The smallest absolute Gasteiger partial charge is 0.331 e. The Morgan fingerprint density at radius 2 is 1.70 bits per heavy atom. The Balaban J connectivity index is 1.53. The van der Waals surface area contributed by atoms with Crippen LogP contribution in [0.25, 0.3) is 11.3 Å². The third-order valence-electron chi connectivity index (χ3n) is 5.02. The number of carbonyl (C=O) groups excluding carboxylic acids is 1. The monoisotopic (exact) mass is 468 g/mol. The van der Waals surface area contributed by atoms with E-state index in [4.69, 9.17) is 0 Å². The summed E-state index contributed by atoms with van der Waals surface area (Å²) < 4.78 is 39.5. The Morgan fingerprint density at radius 1 is 0.970 bits per heavy atom. The molecule has 2 aromatic heterocycles. The minimum Gasteiger partial charge on any atom is -0.331 e. The number of rotatable bonds is 5. The number of aryl methyl sites for hydroxylation is 2. The number of nitrogens with one attached hydrogen (secondary N) is 2. The lowest BCUT2D eigenvalue weighted by molar-refractivity contribution is -0.138. The normalized spacial score (nSPS) is 11.3. The van der Waals surface area contributed by atoms with Gasteiger partial charge in [0.2, 0.25) is 0 Å². The molecule has 168 valence electrons. The fourth-order valence-corrected chi connectivity index (χ4v) is 3.94. The maximum atomic E-state index is 13.2. The highest BCUT2D eigenvalue weighted by Gasteiger charge is 2.32. The zero-order chi connectivity index (χ0) is 23.6. The van der Waals surface area contributed by atoms with Gasteiger partial charge in [-0.2, -0.15) is 13.2 Å². The number of amides is 1. The SMILES string of the molecule is Cc1ccc(C(=O)Nc2ccc(C)c(C(F)(F)F)c2)cc1Nc1nc(-c2ccncc2)cs1.